The lowest BCUT2D eigenvalue weighted by molar-refractivity contribution is -0.140. The molecule has 0 fully saturated rings. The molecule has 0 bridgehead atoms. The fourth-order valence-corrected chi connectivity index (χ4v) is 4.44. The standard InChI is InChI=1S/C25H34FN3O4S/c1-6-19(4)27-25(31)23(7-2)28(16-20-10-8-9-18(3)15-20)24(30)17-29(34(5,32)33)22-13-11-21(26)12-14-22/h8-15,19,23H,6-7,16-17H2,1-5H3,(H,27,31)/t19-,23+/m1/s1. The van der Waals surface area contributed by atoms with E-state index in [0.29, 0.717) is 6.42 Å². The number of rotatable bonds is 11. The fourth-order valence-electron chi connectivity index (χ4n) is 3.59. The van der Waals surface area contributed by atoms with Crippen LogP contribution in [0.25, 0.3) is 0 Å². The summed E-state index contributed by atoms with van der Waals surface area (Å²) in [6, 6.07) is 11.6. The van der Waals surface area contributed by atoms with Gasteiger partial charge >= 0.3 is 0 Å². The summed E-state index contributed by atoms with van der Waals surface area (Å²) in [4.78, 5) is 28.0. The lowest BCUT2D eigenvalue weighted by Gasteiger charge is -2.33. The van der Waals surface area contributed by atoms with E-state index in [1.807, 2.05) is 52.0 Å². The molecule has 0 unspecified atom stereocenters. The Morgan fingerprint density at radius 1 is 1.06 bits per heavy atom. The van der Waals surface area contributed by atoms with Crippen molar-refractivity contribution in [2.24, 2.45) is 0 Å². The summed E-state index contributed by atoms with van der Waals surface area (Å²) in [6.45, 7) is 7.22. The lowest BCUT2D eigenvalue weighted by atomic mass is 10.1. The van der Waals surface area contributed by atoms with Gasteiger partial charge in [-0.2, -0.15) is 0 Å². The number of benzene rings is 2. The molecule has 0 spiro atoms. The van der Waals surface area contributed by atoms with Crippen LogP contribution in [-0.4, -0.2) is 50.0 Å². The predicted octanol–water partition coefficient (Wildman–Crippen LogP) is 3.62. The lowest BCUT2D eigenvalue weighted by Crippen LogP contribution is -2.53. The van der Waals surface area contributed by atoms with Gasteiger partial charge in [0.05, 0.1) is 11.9 Å². The van der Waals surface area contributed by atoms with E-state index in [1.165, 1.54) is 17.0 Å². The molecule has 2 aromatic carbocycles. The number of carbonyl (C=O) groups excluding carboxylic acids is 2. The number of sulfonamides is 1. The topological polar surface area (TPSA) is 86.8 Å². The molecule has 9 heteroatoms. The van der Waals surface area contributed by atoms with Crippen LogP contribution in [0.3, 0.4) is 0 Å². The maximum absolute atomic E-state index is 13.6. The van der Waals surface area contributed by atoms with Crippen molar-refractivity contribution in [3.05, 3.63) is 65.5 Å². The van der Waals surface area contributed by atoms with Gasteiger partial charge in [0.2, 0.25) is 21.8 Å². The average molecular weight is 492 g/mol. The van der Waals surface area contributed by atoms with Crippen LogP contribution in [0.4, 0.5) is 10.1 Å². The van der Waals surface area contributed by atoms with Crippen molar-refractivity contribution >= 4 is 27.5 Å². The van der Waals surface area contributed by atoms with Crippen LogP contribution in [0.2, 0.25) is 0 Å². The Bertz CT molecular complexity index is 1090. The SMILES string of the molecule is CC[C@@H](C)NC(=O)[C@H](CC)N(Cc1cccc(C)c1)C(=O)CN(c1ccc(F)cc1)S(C)(=O)=O. The molecule has 0 saturated heterocycles. The summed E-state index contributed by atoms with van der Waals surface area (Å²) in [5.41, 5.74) is 2.01. The zero-order valence-electron chi connectivity index (χ0n) is 20.4. The molecule has 34 heavy (non-hydrogen) atoms. The van der Waals surface area contributed by atoms with E-state index < -0.39 is 34.3 Å². The highest BCUT2D eigenvalue weighted by molar-refractivity contribution is 7.92. The normalized spacial score (nSPS) is 13.1. The van der Waals surface area contributed by atoms with Crippen molar-refractivity contribution < 1.29 is 22.4 Å². The van der Waals surface area contributed by atoms with Gasteiger partial charge in [-0.05, 0) is 56.5 Å². The van der Waals surface area contributed by atoms with Crippen LogP contribution < -0.4 is 9.62 Å². The van der Waals surface area contributed by atoms with Gasteiger partial charge in [0.1, 0.15) is 18.4 Å². The van der Waals surface area contributed by atoms with Gasteiger partial charge in [-0.15, -0.1) is 0 Å². The second-order valence-corrected chi connectivity index (χ2v) is 10.4. The molecule has 2 atom stereocenters. The van der Waals surface area contributed by atoms with Crippen molar-refractivity contribution in [1.82, 2.24) is 10.2 Å². The smallest absolute Gasteiger partial charge is 0.244 e. The molecule has 0 heterocycles. The first-order valence-electron chi connectivity index (χ1n) is 11.3. The van der Waals surface area contributed by atoms with Crippen LogP contribution in [0.5, 0.6) is 0 Å². The zero-order chi connectivity index (χ0) is 25.5. The second-order valence-electron chi connectivity index (χ2n) is 8.50. The maximum Gasteiger partial charge on any atom is 0.244 e. The van der Waals surface area contributed by atoms with Gasteiger partial charge in [0.15, 0.2) is 0 Å². The van der Waals surface area contributed by atoms with E-state index >= 15 is 0 Å². The van der Waals surface area contributed by atoms with Crippen LogP contribution in [0.1, 0.15) is 44.7 Å². The van der Waals surface area contributed by atoms with E-state index in [-0.39, 0.29) is 24.2 Å². The quantitative estimate of drug-likeness (QED) is 0.520. The highest BCUT2D eigenvalue weighted by Gasteiger charge is 2.32. The molecule has 0 aliphatic carbocycles. The first-order chi connectivity index (χ1) is 16.0. The number of hydrogen-bond acceptors (Lipinski definition) is 4. The molecule has 186 valence electrons. The number of amides is 2. The van der Waals surface area contributed by atoms with Gasteiger partial charge in [0, 0.05) is 12.6 Å². The maximum atomic E-state index is 13.6. The minimum absolute atomic E-state index is 0.0656. The number of anilines is 1. The number of aryl methyl sites for hydroxylation is 1. The average Bonchev–Trinajstić information content (AvgIpc) is 2.77. The number of halogens is 1. The van der Waals surface area contributed by atoms with Gasteiger partial charge in [-0.3, -0.25) is 13.9 Å². The molecule has 0 radical (unpaired) electrons. The Kier molecular flexibility index (Phi) is 9.61. The number of nitrogens with zero attached hydrogens (tertiary/aromatic N) is 2. The molecule has 1 N–H and O–H groups in total. The third-order valence-electron chi connectivity index (χ3n) is 5.62. The Morgan fingerprint density at radius 2 is 1.71 bits per heavy atom. The summed E-state index contributed by atoms with van der Waals surface area (Å²) in [6.07, 6.45) is 2.08. The van der Waals surface area contributed by atoms with Gasteiger partial charge in [0.25, 0.3) is 0 Å². The summed E-state index contributed by atoms with van der Waals surface area (Å²) < 4.78 is 39.4. The van der Waals surface area contributed by atoms with E-state index in [4.69, 9.17) is 0 Å². The fraction of sp³-hybridized carbons (Fsp3) is 0.440. The summed E-state index contributed by atoms with van der Waals surface area (Å²) in [5, 5.41) is 2.93. The van der Waals surface area contributed by atoms with Crippen molar-refractivity contribution in [3.8, 4) is 0 Å². The minimum Gasteiger partial charge on any atom is -0.352 e. The molecule has 0 saturated carbocycles. The van der Waals surface area contributed by atoms with Crippen molar-refractivity contribution in [1.29, 1.82) is 0 Å². The molecule has 2 aromatic rings. The molecule has 0 aromatic heterocycles. The zero-order valence-corrected chi connectivity index (χ0v) is 21.2. The van der Waals surface area contributed by atoms with E-state index in [9.17, 15) is 22.4 Å². The van der Waals surface area contributed by atoms with E-state index in [2.05, 4.69) is 5.32 Å². The number of hydrogen-bond donors (Lipinski definition) is 1. The third-order valence-corrected chi connectivity index (χ3v) is 6.76. The minimum atomic E-state index is -3.85. The van der Waals surface area contributed by atoms with Crippen LogP contribution in [-0.2, 0) is 26.2 Å². The van der Waals surface area contributed by atoms with Crippen molar-refractivity contribution in [2.75, 3.05) is 17.1 Å². The molecule has 2 amide bonds. The monoisotopic (exact) mass is 491 g/mol. The predicted molar refractivity (Wildman–Crippen MR) is 132 cm³/mol. The first-order valence-corrected chi connectivity index (χ1v) is 13.2. The van der Waals surface area contributed by atoms with E-state index in [1.54, 1.807) is 0 Å². The summed E-state index contributed by atoms with van der Waals surface area (Å²) in [5.74, 6) is -1.33. The van der Waals surface area contributed by atoms with Gasteiger partial charge < -0.3 is 10.2 Å². The van der Waals surface area contributed by atoms with Gasteiger partial charge in [-0.1, -0.05) is 43.7 Å². The Balaban J connectivity index is 2.43. The van der Waals surface area contributed by atoms with Crippen molar-refractivity contribution in [2.45, 2.75) is 59.2 Å². The van der Waals surface area contributed by atoms with Crippen LogP contribution in [0.15, 0.2) is 48.5 Å². The summed E-state index contributed by atoms with van der Waals surface area (Å²) >= 11 is 0. The molecular weight excluding hydrogens is 457 g/mol. The number of nitrogens with one attached hydrogen (secondary N) is 1. The molecular formula is C25H34FN3O4S. The number of carbonyl (C=O) groups is 2. The Morgan fingerprint density at radius 3 is 2.24 bits per heavy atom. The van der Waals surface area contributed by atoms with Gasteiger partial charge in [-0.25, -0.2) is 12.8 Å². The largest absolute Gasteiger partial charge is 0.352 e. The van der Waals surface area contributed by atoms with Crippen LogP contribution in [0, 0.1) is 12.7 Å². The molecule has 2 rings (SSSR count). The highest BCUT2D eigenvalue weighted by atomic mass is 32.2. The molecule has 0 aliphatic rings. The Labute approximate surface area is 202 Å². The van der Waals surface area contributed by atoms with E-state index in [0.717, 1.165) is 40.2 Å². The summed E-state index contributed by atoms with van der Waals surface area (Å²) in [7, 11) is -3.85. The molecule has 7 nitrogen and oxygen atoms in total. The third kappa shape index (κ3) is 7.55. The second kappa shape index (κ2) is 12.0. The Hall–Kier alpha value is -2.94. The first kappa shape index (κ1) is 27.3. The molecule has 0 aliphatic heterocycles. The van der Waals surface area contributed by atoms with Crippen LogP contribution >= 0.6 is 0 Å². The van der Waals surface area contributed by atoms with Crippen molar-refractivity contribution in [3.63, 3.8) is 0 Å². The highest BCUT2D eigenvalue weighted by Crippen LogP contribution is 2.20.